The topological polar surface area (TPSA) is 87.8 Å². The zero-order chi connectivity index (χ0) is 32.3. The molecule has 0 unspecified atom stereocenters. The number of aryl methyl sites for hydroxylation is 1. The Labute approximate surface area is 256 Å². The molecular formula is C33H32F4N4O4. The van der Waals surface area contributed by atoms with Gasteiger partial charge >= 0.3 is 17.8 Å². The molecule has 2 heterocycles. The van der Waals surface area contributed by atoms with Crippen LogP contribution >= 0.6 is 0 Å². The average Bonchev–Trinajstić information content (AvgIpc) is 3.01. The van der Waals surface area contributed by atoms with Gasteiger partial charge in [-0.05, 0) is 48.7 Å². The minimum Gasteiger partial charge on any atom is -0.478 e. The highest BCUT2D eigenvalue weighted by molar-refractivity contribution is 5.87. The number of carboxylic acids is 1. The summed E-state index contributed by atoms with van der Waals surface area (Å²) in [6.07, 6.45) is -4.52. The fourth-order valence-electron chi connectivity index (χ4n) is 5.75. The Bertz CT molecular complexity index is 1810. The smallest absolute Gasteiger partial charge is 0.416 e. The van der Waals surface area contributed by atoms with Gasteiger partial charge in [-0.15, -0.1) is 0 Å². The predicted molar refractivity (Wildman–Crippen MR) is 161 cm³/mol. The van der Waals surface area contributed by atoms with Crippen molar-refractivity contribution in [3.05, 3.63) is 133 Å². The molecule has 1 saturated heterocycles. The summed E-state index contributed by atoms with van der Waals surface area (Å²) in [5, 5.41) is 9.31. The number of piperazine rings is 1. The Hall–Kier alpha value is -4.71. The van der Waals surface area contributed by atoms with E-state index in [4.69, 9.17) is 0 Å². The summed E-state index contributed by atoms with van der Waals surface area (Å²) < 4.78 is 58.5. The van der Waals surface area contributed by atoms with E-state index < -0.39 is 46.9 Å². The Kier molecular flexibility index (Phi) is 9.24. The first kappa shape index (κ1) is 31.7. The van der Waals surface area contributed by atoms with Crippen LogP contribution in [-0.4, -0.2) is 51.3 Å². The van der Waals surface area contributed by atoms with Crippen LogP contribution < -0.4 is 16.1 Å². The number of hydrogen-bond donors (Lipinski definition) is 1. The lowest BCUT2D eigenvalue weighted by Crippen LogP contribution is -2.51. The molecule has 1 fully saturated rings. The fourth-order valence-corrected chi connectivity index (χ4v) is 5.75. The van der Waals surface area contributed by atoms with E-state index in [-0.39, 0.29) is 23.5 Å². The molecule has 0 radical (unpaired) electrons. The van der Waals surface area contributed by atoms with E-state index in [9.17, 15) is 37.1 Å². The first-order chi connectivity index (χ1) is 21.4. The molecule has 5 rings (SSSR count). The van der Waals surface area contributed by atoms with E-state index in [1.54, 1.807) is 12.1 Å². The van der Waals surface area contributed by atoms with Crippen molar-refractivity contribution >= 4 is 11.7 Å². The number of anilines is 1. The maximum absolute atomic E-state index is 14.9. The van der Waals surface area contributed by atoms with Crippen molar-refractivity contribution in [3.63, 3.8) is 0 Å². The monoisotopic (exact) mass is 624 g/mol. The predicted octanol–water partition coefficient (Wildman–Crippen LogP) is 4.79. The first-order valence-electron chi connectivity index (χ1n) is 14.5. The van der Waals surface area contributed by atoms with Gasteiger partial charge in [-0.1, -0.05) is 48.5 Å². The summed E-state index contributed by atoms with van der Waals surface area (Å²) in [6.45, 7) is 3.02. The molecule has 4 aromatic rings. The quantitative estimate of drug-likeness (QED) is 0.270. The van der Waals surface area contributed by atoms with E-state index >= 15 is 0 Å². The summed E-state index contributed by atoms with van der Waals surface area (Å²) in [6, 6.07) is 18.5. The molecule has 236 valence electrons. The van der Waals surface area contributed by atoms with E-state index in [1.165, 1.54) is 13.0 Å². The number of carboxylic acid groups (broad SMARTS) is 1. The minimum atomic E-state index is -4.85. The summed E-state index contributed by atoms with van der Waals surface area (Å²) in [4.78, 5) is 42.9. The fraction of sp³-hybridized carbons (Fsp3) is 0.303. The lowest BCUT2D eigenvalue weighted by atomic mass is 10.1. The molecule has 0 bridgehead atoms. The molecule has 8 nitrogen and oxygen atoms in total. The van der Waals surface area contributed by atoms with Gasteiger partial charge < -0.3 is 10.0 Å². The van der Waals surface area contributed by atoms with Gasteiger partial charge in [-0.25, -0.2) is 14.0 Å². The van der Waals surface area contributed by atoms with Gasteiger partial charge in [0.05, 0.1) is 17.7 Å². The molecule has 1 aliphatic heterocycles. The van der Waals surface area contributed by atoms with Crippen LogP contribution in [0.5, 0.6) is 0 Å². The molecule has 0 saturated carbocycles. The van der Waals surface area contributed by atoms with Gasteiger partial charge in [-0.2, -0.15) is 13.2 Å². The van der Waals surface area contributed by atoms with Gasteiger partial charge in [0.2, 0.25) is 0 Å². The van der Waals surface area contributed by atoms with Crippen molar-refractivity contribution in [3.8, 4) is 0 Å². The van der Waals surface area contributed by atoms with Gasteiger partial charge in [-0.3, -0.25) is 18.8 Å². The zero-order valence-electron chi connectivity index (χ0n) is 24.6. The average molecular weight is 625 g/mol. The third kappa shape index (κ3) is 7.01. The van der Waals surface area contributed by atoms with E-state index in [1.807, 2.05) is 41.3 Å². The van der Waals surface area contributed by atoms with Crippen LogP contribution in [0.4, 0.5) is 23.2 Å². The van der Waals surface area contributed by atoms with Gasteiger partial charge in [0.25, 0.3) is 5.56 Å². The summed E-state index contributed by atoms with van der Waals surface area (Å²) in [7, 11) is 0. The number of rotatable bonds is 9. The number of aromatic nitrogens is 2. The SMILES string of the molecule is Cc1c(N2CCN(Cc3cccc(C(=O)O)c3)CC2)c(=O)n(CCc2ccccc2)c(=O)n1Cc1c(F)cccc1C(F)(F)F. The molecule has 0 amide bonds. The molecular weight excluding hydrogens is 592 g/mol. The molecule has 45 heavy (non-hydrogen) atoms. The van der Waals surface area contributed by atoms with Crippen LogP contribution in [0.3, 0.4) is 0 Å². The van der Waals surface area contributed by atoms with E-state index in [0.29, 0.717) is 39.1 Å². The highest BCUT2D eigenvalue weighted by Crippen LogP contribution is 2.33. The second-order valence-electron chi connectivity index (χ2n) is 11.0. The minimum absolute atomic E-state index is 0.0156. The maximum atomic E-state index is 14.9. The van der Waals surface area contributed by atoms with Crippen molar-refractivity contribution < 1.29 is 27.5 Å². The Morgan fingerprint density at radius 2 is 1.51 bits per heavy atom. The maximum Gasteiger partial charge on any atom is 0.416 e. The Morgan fingerprint density at radius 3 is 2.18 bits per heavy atom. The molecule has 0 aliphatic carbocycles. The van der Waals surface area contributed by atoms with Crippen LogP contribution in [0.25, 0.3) is 0 Å². The van der Waals surface area contributed by atoms with E-state index in [2.05, 4.69) is 4.90 Å². The lowest BCUT2D eigenvalue weighted by molar-refractivity contribution is -0.138. The number of alkyl halides is 3. The summed E-state index contributed by atoms with van der Waals surface area (Å²) in [5.74, 6) is -2.12. The second kappa shape index (κ2) is 13.1. The van der Waals surface area contributed by atoms with Gasteiger partial charge in [0, 0.05) is 50.5 Å². The van der Waals surface area contributed by atoms with Crippen LogP contribution in [0.1, 0.15) is 38.3 Å². The van der Waals surface area contributed by atoms with Crippen molar-refractivity contribution in [1.29, 1.82) is 0 Å². The molecule has 3 aromatic carbocycles. The van der Waals surface area contributed by atoms with Crippen LogP contribution in [-0.2, 0) is 32.2 Å². The normalized spacial score (nSPS) is 14.1. The van der Waals surface area contributed by atoms with Gasteiger partial charge in [0.15, 0.2) is 0 Å². The second-order valence-corrected chi connectivity index (χ2v) is 11.0. The molecule has 0 spiro atoms. The number of carbonyl (C=O) groups is 1. The van der Waals surface area contributed by atoms with Crippen molar-refractivity contribution in [2.24, 2.45) is 0 Å². The molecule has 12 heteroatoms. The third-order valence-corrected chi connectivity index (χ3v) is 8.13. The molecule has 1 aromatic heterocycles. The number of hydrogen-bond acceptors (Lipinski definition) is 5. The zero-order valence-corrected chi connectivity index (χ0v) is 24.6. The van der Waals surface area contributed by atoms with Crippen LogP contribution in [0, 0.1) is 12.7 Å². The third-order valence-electron chi connectivity index (χ3n) is 8.13. The summed E-state index contributed by atoms with van der Waals surface area (Å²) >= 11 is 0. The number of nitrogens with zero attached hydrogens (tertiary/aromatic N) is 4. The van der Waals surface area contributed by atoms with Gasteiger partial charge in [0.1, 0.15) is 11.5 Å². The largest absolute Gasteiger partial charge is 0.478 e. The molecule has 0 atom stereocenters. The van der Waals surface area contributed by atoms with E-state index in [0.717, 1.165) is 38.5 Å². The van der Waals surface area contributed by atoms with Crippen molar-refractivity contribution in [2.45, 2.75) is 39.2 Å². The number of halogens is 4. The Morgan fingerprint density at radius 1 is 0.844 bits per heavy atom. The lowest BCUT2D eigenvalue weighted by Gasteiger charge is -2.37. The van der Waals surface area contributed by atoms with Crippen LogP contribution in [0.15, 0.2) is 82.4 Å². The molecule has 1 N–H and O–H groups in total. The first-order valence-corrected chi connectivity index (χ1v) is 14.5. The highest BCUT2D eigenvalue weighted by Gasteiger charge is 2.35. The highest BCUT2D eigenvalue weighted by atomic mass is 19.4. The standard InChI is InChI=1S/C33H32F4N4O4/c1-22-29(39-17-15-38(16-18-39)20-24-9-5-10-25(19-24)31(43)44)30(42)40(14-13-23-7-3-2-4-8-23)32(45)41(22)21-26-27(33(35,36)37)11-6-12-28(26)34/h2-12,19H,13-18,20-21H2,1H3,(H,43,44). The Balaban J connectivity index is 1.49. The van der Waals surface area contributed by atoms with Crippen LogP contribution in [0.2, 0.25) is 0 Å². The summed E-state index contributed by atoms with van der Waals surface area (Å²) in [5.41, 5.74) is -1.03. The van der Waals surface area contributed by atoms with Crippen molar-refractivity contribution in [2.75, 3.05) is 31.1 Å². The molecule has 1 aliphatic rings. The number of benzene rings is 3. The van der Waals surface area contributed by atoms with Crippen molar-refractivity contribution in [1.82, 2.24) is 14.0 Å². The number of aromatic carboxylic acids is 1.